The Kier molecular flexibility index (Phi) is 5.22. The number of pyridine rings is 1. The third-order valence-corrected chi connectivity index (χ3v) is 4.58. The normalized spacial score (nSPS) is 14.1. The lowest BCUT2D eigenvalue weighted by Crippen LogP contribution is -2.49. The molecule has 1 aliphatic rings. The molecule has 2 heterocycles. The van der Waals surface area contributed by atoms with Gasteiger partial charge in [-0.25, -0.2) is 4.98 Å². The number of piperazine rings is 1. The molecule has 0 radical (unpaired) electrons. The van der Waals surface area contributed by atoms with Gasteiger partial charge in [0.1, 0.15) is 5.82 Å². The number of primary amides is 1. The number of non-ortho nitro benzene ring substituents is 1. The van der Waals surface area contributed by atoms with E-state index in [2.05, 4.69) is 4.98 Å². The van der Waals surface area contributed by atoms with E-state index in [4.69, 9.17) is 17.3 Å². The minimum atomic E-state index is -0.602. The molecule has 140 valence electrons. The number of carbonyl (C=O) groups excluding carboxylic acids is 2. The molecule has 1 aliphatic heterocycles. The smallest absolute Gasteiger partial charge is 0.269 e. The van der Waals surface area contributed by atoms with Gasteiger partial charge in [-0.05, 0) is 18.2 Å². The summed E-state index contributed by atoms with van der Waals surface area (Å²) in [5.41, 5.74) is 5.78. The number of benzene rings is 1. The van der Waals surface area contributed by atoms with Crippen LogP contribution in [0.1, 0.15) is 20.7 Å². The summed E-state index contributed by atoms with van der Waals surface area (Å²) in [7, 11) is 0. The Labute approximate surface area is 159 Å². The fourth-order valence-corrected chi connectivity index (χ4v) is 3.11. The monoisotopic (exact) mass is 389 g/mol. The van der Waals surface area contributed by atoms with Crippen LogP contribution in [0.4, 0.5) is 11.5 Å². The Morgan fingerprint density at radius 3 is 2.26 bits per heavy atom. The lowest BCUT2D eigenvalue weighted by molar-refractivity contribution is -0.384. The largest absolute Gasteiger partial charge is 0.366 e. The molecule has 2 aromatic rings. The fourth-order valence-electron chi connectivity index (χ4n) is 2.83. The van der Waals surface area contributed by atoms with E-state index in [0.717, 1.165) is 0 Å². The summed E-state index contributed by atoms with van der Waals surface area (Å²) in [4.78, 5) is 41.7. The topological polar surface area (TPSA) is 123 Å². The van der Waals surface area contributed by atoms with E-state index >= 15 is 0 Å². The molecule has 0 spiro atoms. The van der Waals surface area contributed by atoms with Gasteiger partial charge < -0.3 is 15.5 Å². The Hall–Kier alpha value is -3.20. The van der Waals surface area contributed by atoms with Gasteiger partial charge in [-0.3, -0.25) is 19.7 Å². The highest BCUT2D eigenvalue weighted by molar-refractivity contribution is 6.33. The number of nitro groups is 1. The first-order valence-corrected chi connectivity index (χ1v) is 8.48. The van der Waals surface area contributed by atoms with Crippen LogP contribution in [0.5, 0.6) is 0 Å². The number of nitrogens with two attached hydrogens (primary N) is 1. The van der Waals surface area contributed by atoms with Crippen LogP contribution in [0.2, 0.25) is 5.02 Å². The molecule has 0 unspecified atom stereocenters. The predicted octanol–water partition coefficient (Wildman–Crippen LogP) is 1.70. The molecule has 3 rings (SSSR count). The predicted molar refractivity (Wildman–Crippen MR) is 99.0 cm³/mol. The molecule has 2 amide bonds. The van der Waals surface area contributed by atoms with Crippen molar-refractivity contribution in [3.63, 3.8) is 0 Å². The van der Waals surface area contributed by atoms with Crippen LogP contribution in [-0.4, -0.2) is 52.8 Å². The summed E-state index contributed by atoms with van der Waals surface area (Å²) in [6.07, 6.45) is 1.37. The number of nitro benzene ring substituents is 1. The van der Waals surface area contributed by atoms with Crippen LogP contribution in [-0.2, 0) is 0 Å². The van der Waals surface area contributed by atoms with E-state index in [9.17, 15) is 19.7 Å². The van der Waals surface area contributed by atoms with Crippen LogP contribution in [0.3, 0.4) is 0 Å². The van der Waals surface area contributed by atoms with E-state index in [1.54, 1.807) is 4.90 Å². The zero-order valence-electron chi connectivity index (χ0n) is 14.2. The van der Waals surface area contributed by atoms with Gasteiger partial charge in [-0.2, -0.15) is 0 Å². The summed E-state index contributed by atoms with van der Waals surface area (Å²) in [5, 5.41) is 11.0. The van der Waals surface area contributed by atoms with Crippen molar-refractivity contribution in [1.29, 1.82) is 0 Å². The van der Waals surface area contributed by atoms with Crippen molar-refractivity contribution in [3.8, 4) is 0 Å². The standard InChI is InChI=1S/C17H16ClN5O4/c18-14-9-12(15(19)24)10-20-16(14)21-5-7-22(8-6-21)17(25)11-1-3-13(4-2-11)23(26)27/h1-4,9-10H,5-8H2,(H2,19,24). The van der Waals surface area contributed by atoms with Crippen molar-refractivity contribution in [1.82, 2.24) is 9.88 Å². The lowest BCUT2D eigenvalue weighted by Gasteiger charge is -2.35. The highest BCUT2D eigenvalue weighted by Crippen LogP contribution is 2.25. The van der Waals surface area contributed by atoms with Crippen LogP contribution < -0.4 is 10.6 Å². The summed E-state index contributed by atoms with van der Waals surface area (Å²) < 4.78 is 0. The Morgan fingerprint density at radius 1 is 1.11 bits per heavy atom. The highest BCUT2D eigenvalue weighted by atomic mass is 35.5. The Morgan fingerprint density at radius 2 is 1.74 bits per heavy atom. The number of hydrogen-bond donors (Lipinski definition) is 1. The number of nitrogens with zero attached hydrogens (tertiary/aromatic N) is 4. The Bertz CT molecular complexity index is 895. The van der Waals surface area contributed by atoms with E-state index in [1.807, 2.05) is 4.90 Å². The number of anilines is 1. The van der Waals surface area contributed by atoms with E-state index in [0.29, 0.717) is 42.6 Å². The van der Waals surface area contributed by atoms with E-state index in [-0.39, 0.29) is 17.2 Å². The van der Waals surface area contributed by atoms with Crippen LogP contribution in [0.25, 0.3) is 0 Å². The van der Waals surface area contributed by atoms with Gasteiger partial charge in [0.05, 0.1) is 15.5 Å². The summed E-state index contributed by atoms with van der Waals surface area (Å²) in [6.45, 7) is 1.93. The van der Waals surface area contributed by atoms with Crippen LogP contribution >= 0.6 is 11.6 Å². The second kappa shape index (κ2) is 7.58. The first-order valence-electron chi connectivity index (χ1n) is 8.11. The molecule has 10 heteroatoms. The SMILES string of the molecule is NC(=O)c1cnc(N2CCN(C(=O)c3ccc([N+](=O)[O-])cc3)CC2)c(Cl)c1. The first-order chi connectivity index (χ1) is 12.9. The molecule has 27 heavy (non-hydrogen) atoms. The van der Waals surface area contributed by atoms with Gasteiger partial charge in [-0.15, -0.1) is 0 Å². The molecular weight excluding hydrogens is 374 g/mol. The van der Waals surface area contributed by atoms with Crippen LogP contribution in [0, 0.1) is 10.1 Å². The number of amides is 2. The van der Waals surface area contributed by atoms with Crippen molar-refractivity contribution >= 4 is 34.9 Å². The number of aromatic nitrogens is 1. The third kappa shape index (κ3) is 3.98. The summed E-state index contributed by atoms with van der Waals surface area (Å²) in [6, 6.07) is 7.00. The molecule has 0 aliphatic carbocycles. The van der Waals surface area contributed by atoms with Crippen molar-refractivity contribution in [2.24, 2.45) is 5.73 Å². The van der Waals surface area contributed by atoms with Crippen molar-refractivity contribution in [2.45, 2.75) is 0 Å². The van der Waals surface area contributed by atoms with Gasteiger partial charge >= 0.3 is 0 Å². The average molecular weight is 390 g/mol. The Balaban J connectivity index is 1.65. The second-order valence-electron chi connectivity index (χ2n) is 5.98. The van der Waals surface area contributed by atoms with Crippen molar-refractivity contribution < 1.29 is 14.5 Å². The minimum absolute atomic E-state index is 0.0588. The van der Waals surface area contributed by atoms with Gasteiger partial charge in [0.25, 0.3) is 11.6 Å². The molecule has 1 aromatic heterocycles. The number of halogens is 1. The van der Waals surface area contributed by atoms with E-state index in [1.165, 1.54) is 36.5 Å². The molecule has 1 fully saturated rings. The van der Waals surface area contributed by atoms with Gasteiger partial charge in [0, 0.05) is 50.1 Å². The van der Waals surface area contributed by atoms with E-state index < -0.39 is 10.8 Å². The quantitative estimate of drug-likeness (QED) is 0.627. The lowest BCUT2D eigenvalue weighted by atomic mass is 10.1. The number of carbonyl (C=O) groups is 2. The molecular formula is C17H16ClN5O4. The highest BCUT2D eigenvalue weighted by Gasteiger charge is 2.24. The molecule has 0 bridgehead atoms. The van der Waals surface area contributed by atoms with Crippen molar-refractivity contribution in [2.75, 3.05) is 31.1 Å². The molecule has 0 saturated carbocycles. The number of rotatable bonds is 4. The van der Waals surface area contributed by atoms with Crippen LogP contribution in [0.15, 0.2) is 36.5 Å². The van der Waals surface area contributed by atoms with Gasteiger partial charge in [0.2, 0.25) is 5.91 Å². The van der Waals surface area contributed by atoms with Gasteiger partial charge in [-0.1, -0.05) is 11.6 Å². The zero-order chi connectivity index (χ0) is 19.6. The maximum atomic E-state index is 12.6. The van der Waals surface area contributed by atoms with Crippen molar-refractivity contribution in [3.05, 3.63) is 62.8 Å². The maximum absolute atomic E-state index is 12.6. The maximum Gasteiger partial charge on any atom is 0.269 e. The molecule has 2 N–H and O–H groups in total. The zero-order valence-corrected chi connectivity index (χ0v) is 14.9. The fraction of sp³-hybridized carbons (Fsp3) is 0.235. The third-order valence-electron chi connectivity index (χ3n) is 4.30. The number of hydrogen-bond acceptors (Lipinski definition) is 6. The summed E-state index contributed by atoms with van der Waals surface area (Å²) >= 11 is 6.19. The van der Waals surface area contributed by atoms with Gasteiger partial charge in [0.15, 0.2) is 0 Å². The molecule has 1 saturated heterocycles. The molecule has 1 aromatic carbocycles. The molecule has 0 atom stereocenters. The second-order valence-corrected chi connectivity index (χ2v) is 6.38. The molecule has 9 nitrogen and oxygen atoms in total. The first kappa shape index (κ1) is 18.6. The minimum Gasteiger partial charge on any atom is -0.366 e. The average Bonchev–Trinajstić information content (AvgIpc) is 2.67. The summed E-state index contributed by atoms with van der Waals surface area (Å²) in [5.74, 6) is -0.258.